The van der Waals surface area contributed by atoms with E-state index in [2.05, 4.69) is 5.32 Å². The Kier molecular flexibility index (Phi) is 4.44. The summed E-state index contributed by atoms with van der Waals surface area (Å²) >= 11 is 6.31. The van der Waals surface area contributed by atoms with Crippen LogP contribution in [0.2, 0.25) is 5.02 Å². The van der Waals surface area contributed by atoms with Crippen molar-refractivity contribution in [2.45, 2.75) is 19.3 Å². The molecular weight excluding hydrogens is 304 g/mol. The first kappa shape index (κ1) is 15.0. The molecule has 0 spiro atoms. The van der Waals surface area contributed by atoms with Crippen molar-refractivity contribution in [3.05, 3.63) is 63.7 Å². The van der Waals surface area contributed by atoms with Crippen LogP contribution in [0.1, 0.15) is 29.5 Å². The molecule has 1 aliphatic heterocycles. The number of nitrogens with one attached hydrogen (secondary N) is 1. The second kappa shape index (κ2) is 6.49. The molecule has 4 heteroatoms. The molecule has 0 bridgehead atoms. The van der Waals surface area contributed by atoms with E-state index in [-0.39, 0.29) is 0 Å². The van der Waals surface area contributed by atoms with Gasteiger partial charge in [-0.2, -0.15) is 0 Å². The second-order valence-corrected chi connectivity index (χ2v) is 5.78. The van der Waals surface area contributed by atoms with E-state index < -0.39 is 11.6 Å². The predicted octanol–water partition coefficient (Wildman–Crippen LogP) is 5.54. The summed E-state index contributed by atoms with van der Waals surface area (Å²) in [5.74, 6) is -1.15. The summed E-state index contributed by atoms with van der Waals surface area (Å²) in [6.45, 7) is 0.949. The minimum Gasteiger partial charge on any atom is -0.385 e. The average Bonchev–Trinajstić information content (AvgIpc) is 2.73. The van der Waals surface area contributed by atoms with Gasteiger partial charge in [0.1, 0.15) is 11.6 Å². The summed E-state index contributed by atoms with van der Waals surface area (Å²) in [5.41, 5.74) is 3.49. The largest absolute Gasteiger partial charge is 0.385 e. The molecule has 0 saturated carbocycles. The van der Waals surface area contributed by atoms with Crippen LogP contribution in [0.25, 0.3) is 12.2 Å². The van der Waals surface area contributed by atoms with Gasteiger partial charge >= 0.3 is 0 Å². The van der Waals surface area contributed by atoms with Gasteiger partial charge in [0.15, 0.2) is 0 Å². The Hall–Kier alpha value is -1.87. The Labute approximate surface area is 133 Å². The van der Waals surface area contributed by atoms with Gasteiger partial charge in [0, 0.05) is 28.9 Å². The Balaban J connectivity index is 1.99. The molecule has 0 amide bonds. The quantitative estimate of drug-likeness (QED) is 0.717. The van der Waals surface area contributed by atoms with E-state index in [4.69, 9.17) is 11.6 Å². The molecule has 2 aromatic rings. The molecule has 1 N–H and O–H groups in total. The SMILES string of the molecule is Fc1ccc(C=Cc2c(Cl)ccc3c2CCCCN3)c(F)c1. The second-order valence-electron chi connectivity index (χ2n) is 5.37. The molecule has 0 unspecified atom stereocenters. The number of rotatable bonds is 2. The van der Waals surface area contributed by atoms with Gasteiger partial charge < -0.3 is 5.32 Å². The first-order valence-corrected chi connectivity index (χ1v) is 7.71. The maximum Gasteiger partial charge on any atom is 0.133 e. The lowest BCUT2D eigenvalue weighted by atomic mass is 9.99. The van der Waals surface area contributed by atoms with E-state index in [0.717, 1.165) is 48.7 Å². The standard InChI is InChI=1S/C18H16ClF2N/c19-16-8-9-18-15(3-1-2-10-22-18)14(16)7-5-12-4-6-13(20)11-17(12)21/h4-9,11,22H,1-3,10H2. The Morgan fingerprint density at radius 2 is 1.91 bits per heavy atom. The first-order chi connectivity index (χ1) is 10.6. The Bertz CT molecular complexity index is 725. The third-order valence-corrected chi connectivity index (χ3v) is 4.19. The normalized spacial score (nSPS) is 14.5. The molecule has 0 fully saturated rings. The minimum atomic E-state index is -0.578. The van der Waals surface area contributed by atoms with Gasteiger partial charge in [0.25, 0.3) is 0 Å². The van der Waals surface area contributed by atoms with Gasteiger partial charge in [0.05, 0.1) is 0 Å². The number of fused-ring (bicyclic) bond motifs is 1. The van der Waals surface area contributed by atoms with Crippen LogP contribution < -0.4 is 5.32 Å². The fourth-order valence-corrected chi connectivity index (χ4v) is 2.95. The molecule has 22 heavy (non-hydrogen) atoms. The van der Waals surface area contributed by atoms with Gasteiger partial charge in [-0.25, -0.2) is 8.78 Å². The van der Waals surface area contributed by atoms with Crippen molar-refractivity contribution in [1.82, 2.24) is 0 Å². The van der Waals surface area contributed by atoms with Crippen LogP contribution in [-0.4, -0.2) is 6.54 Å². The number of hydrogen-bond acceptors (Lipinski definition) is 1. The monoisotopic (exact) mass is 319 g/mol. The predicted molar refractivity (Wildman–Crippen MR) is 88.2 cm³/mol. The van der Waals surface area contributed by atoms with E-state index in [1.54, 1.807) is 6.08 Å². The van der Waals surface area contributed by atoms with E-state index in [0.29, 0.717) is 10.6 Å². The third-order valence-electron chi connectivity index (χ3n) is 3.86. The lowest BCUT2D eigenvalue weighted by molar-refractivity contribution is 0.581. The molecule has 1 nitrogen and oxygen atoms in total. The maximum atomic E-state index is 13.7. The van der Waals surface area contributed by atoms with Gasteiger partial charge in [0.2, 0.25) is 0 Å². The summed E-state index contributed by atoms with van der Waals surface area (Å²) in [7, 11) is 0. The third kappa shape index (κ3) is 3.14. The zero-order valence-corrected chi connectivity index (χ0v) is 12.8. The van der Waals surface area contributed by atoms with Crippen molar-refractivity contribution in [1.29, 1.82) is 0 Å². The van der Waals surface area contributed by atoms with Gasteiger partial charge in [-0.15, -0.1) is 0 Å². The maximum absolute atomic E-state index is 13.7. The molecule has 0 radical (unpaired) electrons. The fourth-order valence-electron chi connectivity index (χ4n) is 2.71. The van der Waals surface area contributed by atoms with Crippen molar-refractivity contribution in [2.24, 2.45) is 0 Å². The van der Waals surface area contributed by atoms with Gasteiger partial charge in [-0.1, -0.05) is 23.8 Å². The molecule has 1 heterocycles. The zero-order valence-electron chi connectivity index (χ0n) is 12.0. The number of benzene rings is 2. The van der Waals surface area contributed by atoms with Crippen LogP contribution in [-0.2, 0) is 6.42 Å². The number of halogens is 3. The summed E-state index contributed by atoms with van der Waals surface area (Å²) < 4.78 is 26.7. The highest BCUT2D eigenvalue weighted by Gasteiger charge is 2.13. The molecule has 0 atom stereocenters. The topological polar surface area (TPSA) is 12.0 Å². The fraction of sp³-hybridized carbons (Fsp3) is 0.222. The highest BCUT2D eigenvalue weighted by Crippen LogP contribution is 2.32. The first-order valence-electron chi connectivity index (χ1n) is 7.33. The van der Waals surface area contributed by atoms with Crippen molar-refractivity contribution in [3.63, 3.8) is 0 Å². The molecule has 0 aliphatic carbocycles. The van der Waals surface area contributed by atoms with E-state index in [9.17, 15) is 8.78 Å². The highest BCUT2D eigenvalue weighted by atomic mass is 35.5. The van der Waals surface area contributed by atoms with Crippen LogP contribution in [0, 0.1) is 11.6 Å². The molecule has 114 valence electrons. The smallest absolute Gasteiger partial charge is 0.133 e. The zero-order chi connectivity index (χ0) is 15.5. The van der Waals surface area contributed by atoms with Crippen LogP contribution in [0.4, 0.5) is 14.5 Å². The van der Waals surface area contributed by atoms with Crippen molar-refractivity contribution in [2.75, 3.05) is 11.9 Å². The summed E-state index contributed by atoms with van der Waals surface area (Å²) in [6, 6.07) is 7.39. The number of hydrogen-bond donors (Lipinski definition) is 1. The lowest BCUT2D eigenvalue weighted by Gasteiger charge is -2.12. The highest BCUT2D eigenvalue weighted by molar-refractivity contribution is 6.32. The molecule has 3 rings (SSSR count). The summed E-state index contributed by atoms with van der Waals surface area (Å²) in [5, 5.41) is 4.03. The average molecular weight is 320 g/mol. The molecule has 0 aromatic heterocycles. The number of anilines is 1. The van der Waals surface area contributed by atoms with Gasteiger partial charge in [-0.3, -0.25) is 0 Å². The molecule has 0 saturated heterocycles. The van der Waals surface area contributed by atoms with E-state index in [1.165, 1.54) is 12.1 Å². The molecule has 1 aliphatic rings. The van der Waals surface area contributed by atoms with Crippen LogP contribution >= 0.6 is 11.6 Å². The van der Waals surface area contributed by atoms with Crippen molar-refractivity contribution >= 4 is 29.4 Å². The van der Waals surface area contributed by atoms with Crippen molar-refractivity contribution < 1.29 is 8.78 Å². The Morgan fingerprint density at radius 3 is 2.73 bits per heavy atom. The molecular formula is C18H16ClF2N. The van der Waals surface area contributed by atoms with Crippen LogP contribution in [0.3, 0.4) is 0 Å². The van der Waals surface area contributed by atoms with Crippen molar-refractivity contribution in [3.8, 4) is 0 Å². The van der Waals surface area contributed by atoms with E-state index >= 15 is 0 Å². The van der Waals surface area contributed by atoms with Crippen LogP contribution in [0.5, 0.6) is 0 Å². The Morgan fingerprint density at radius 1 is 1.05 bits per heavy atom. The van der Waals surface area contributed by atoms with Gasteiger partial charge in [-0.05, 0) is 54.7 Å². The van der Waals surface area contributed by atoms with Crippen LogP contribution in [0.15, 0.2) is 30.3 Å². The van der Waals surface area contributed by atoms with E-state index in [1.807, 2.05) is 18.2 Å². The lowest BCUT2D eigenvalue weighted by Crippen LogP contribution is -2.00. The minimum absolute atomic E-state index is 0.344. The summed E-state index contributed by atoms with van der Waals surface area (Å²) in [4.78, 5) is 0. The molecule has 2 aromatic carbocycles. The summed E-state index contributed by atoms with van der Waals surface area (Å²) in [6.07, 6.45) is 6.59.